The Morgan fingerprint density at radius 2 is 1.65 bits per heavy atom. The highest BCUT2D eigenvalue weighted by Gasteiger charge is 2.16. The third-order valence-corrected chi connectivity index (χ3v) is 4.44. The number of aryl methyl sites for hydroxylation is 1. The smallest absolute Gasteiger partial charge is 0.206 e. The maximum atomic E-state index is 13.8. The molecule has 0 fully saturated rings. The zero-order valence-corrected chi connectivity index (χ0v) is 13.5. The van der Waals surface area contributed by atoms with E-state index in [-0.39, 0.29) is 22.6 Å². The molecule has 0 heterocycles. The second-order valence-corrected chi connectivity index (χ2v) is 6.58. The first-order chi connectivity index (χ1) is 10.8. The van der Waals surface area contributed by atoms with Crippen LogP contribution < -0.4 is 4.83 Å². The summed E-state index contributed by atoms with van der Waals surface area (Å²) in [5.74, 6) is -1.58. The van der Waals surface area contributed by atoms with Crippen LogP contribution in [0.2, 0.25) is 0 Å². The van der Waals surface area contributed by atoms with Crippen LogP contribution >= 0.6 is 0 Å². The summed E-state index contributed by atoms with van der Waals surface area (Å²) in [6, 6.07) is 9.59. The first-order valence-corrected chi connectivity index (χ1v) is 8.43. The molecule has 122 valence electrons. The Morgan fingerprint density at radius 1 is 1.09 bits per heavy atom. The molecule has 0 atom stereocenters. The van der Waals surface area contributed by atoms with Crippen LogP contribution in [0.25, 0.3) is 0 Å². The Morgan fingerprint density at radius 3 is 2.17 bits per heavy atom. The number of rotatable bonds is 5. The van der Waals surface area contributed by atoms with Gasteiger partial charge in [-0.15, -0.1) is 0 Å². The molecule has 0 unspecified atom stereocenters. The van der Waals surface area contributed by atoms with Crippen molar-refractivity contribution in [2.75, 3.05) is 0 Å². The van der Waals surface area contributed by atoms with Crippen molar-refractivity contribution >= 4 is 15.7 Å². The molecule has 2 rings (SSSR count). The van der Waals surface area contributed by atoms with Gasteiger partial charge in [0, 0.05) is 0 Å². The van der Waals surface area contributed by atoms with E-state index in [2.05, 4.69) is 5.10 Å². The summed E-state index contributed by atoms with van der Waals surface area (Å²) in [6.45, 7) is 3.46. The van der Waals surface area contributed by atoms with Gasteiger partial charge in [0.05, 0.1) is 16.2 Å². The Labute approximate surface area is 133 Å². The number of nitrogens with zero attached hydrogens (tertiary/aromatic N) is 1. The maximum absolute atomic E-state index is 13.8. The molecule has 0 aromatic heterocycles. The number of benzene rings is 2. The van der Waals surface area contributed by atoms with Crippen LogP contribution in [0.4, 0.5) is 8.78 Å². The first-order valence-electron chi connectivity index (χ1n) is 6.94. The topological polar surface area (TPSA) is 58.5 Å². The molecule has 7 heteroatoms. The molecule has 0 amide bonds. The van der Waals surface area contributed by atoms with E-state index in [1.165, 1.54) is 18.2 Å². The number of nitrogens with one attached hydrogen (secondary N) is 1. The number of hydrazone groups is 1. The lowest BCUT2D eigenvalue weighted by atomic mass is 10.1. The van der Waals surface area contributed by atoms with Crippen molar-refractivity contribution in [3.63, 3.8) is 0 Å². The van der Waals surface area contributed by atoms with E-state index in [9.17, 15) is 17.2 Å². The fourth-order valence-electron chi connectivity index (χ4n) is 1.97. The van der Waals surface area contributed by atoms with Crippen LogP contribution in [0.3, 0.4) is 0 Å². The molecule has 2 aromatic carbocycles. The number of halogens is 2. The zero-order valence-electron chi connectivity index (χ0n) is 12.7. The molecule has 0 bridgehead atoms. The molecular weight excluding hydrogens is 322 g/mol. The molecule has 23 heavy (non-hydrogen) atoms. The van der Waals surface area contributed by atoms with Crippen molar-refractivity contribution in [3.8, 4) is 0 Å². The van der Waals surface area contributed by atoms with Gasteiger partial charge in [0.2, 0.25) is 0 Å². The van der Waals surface area contributed by atoms with E-state index in [1.54, 1.807) is 19.1 Å². The number of hydrogen-bond donors (Lipinski definition) is 1. The fraction of sp³-hybridized carbons (Fsp3) is 0.188. The average molecular weight is 338 g/mol. The summed E-state index contributed by atoms with van der Waals surface area (Å²) in [6.07, 6.45) is 0.161. The van der Waals surface area contributed by atoms with Gasteiger partial charge in [-0.2, -0.15) is 18.4 Å². The van der Waals surface area contributed by atoms with E-state index in [1.807, 2.05) is 11.8 Å². The molecule has 4 nitrogen and oxygen atoms in total. The van der Waals surface area contributed by atoms with Gasteiger partial charge in [-0.25, -0.2) is 8.78 Å². The van der Waals surface area contributed by atoms with Gasteiger partial charge in [-0.1, -0.05) is 30.7 Å². The summed E-state index contributed by atoms with van der Waals surface area (Å²) in [5, 5.41) is 3.70. The maximum Gasteiger partial charge on any atom is 0.276 e. The van der Waals surface area contributed by atoms with Gasteiger partial charge in [0.15, 0.2) is 0 Å². The van der Waals surface area contributed by atoms with Crippen LogP contribution in [0.1, 0.15) is 24.5 Å². The highest BCUT2D eigenvalue weighted by atomic mass is 32.2. The van der Waals surface area contributed by atoms with Crippen LogP contribution in [-0.2, 0) is 10.0 Å². The molecule has 0 aliphatic carbocycles. The van der Waals surface area contributed by atoms with E-state index < -0.39 is 21.7 Å². The van der Waals surface area contributed by atoms with E-state index in [4.69, 9.17) is 0 Å². The predicted molar refractivity (Wildman–Crippen MR) is 84.7 cm³/mol. The molecular formula is C16H16F2N2O2S. The second-order valence-electron chi connectivity index (χ2n) is 4.92. The number of hydrogen-bond acceptors (Lipinski definition) is 3. The lowest BCUT2D eigenvalue weighted by Gasteiger charge is -2.09. The van der Waals surface area contributed by atoms with Crippen LogP contribution in [0.5, 0.6) is 0 Å². The summed E-state index contributed by atoms with van der Waals surface area (Å²) in [5.41, 5.74) is 0.563. The van der Waals surface area contributed by atoms with Crippen molar-refractivity contribution in [1.29, 1.82) is 0 Å². The lowest BCUT2D eigenvalue weighted by molar-refractivity contribution is 0.575. The van der Waals surface area contributed by atoms with Gasteiger partial charge >= 0.3 is 0 Å². The van der Waals surface area contributed by atoms with Gasteiger partial charge < -0.3 is 0 Å². The summed E-state index contributed by atoms with van der Waals surface area (Å²) < 4.78 is 51.9. The standard InChI is InChI=1S/C16H16F2N2O2S/c1-3-15(16-13(17)5-4-6-14(16)18)19-20-23(21,22)12-9-7-11(2)8-10-12/h4-10,20H,3H2,1-2H3. The summed E-state index contributed by atoms with van der Waals surface area (Å²) in [7, 11) is -3.90. The minimum atomic E-state index is -3.90. The van der Waals surface area contributed by atoms with Crippen molar-refractivity contribution in [1.82, 2.24) is 4.83 Å². The molecule has 0 radical (unpaired) electrons. The van der Waals surface area contributed by atoms with Crippen molar-refractivity contribution < 1.29 is 17.2 Å². The third-order valence-electron chi connectivity index (χ3n) is 3.22. The first kappa shape index (κ1) is 17.1. The normalized spacial score (nSPS) is 12.3. The minimum absolute atomic E-state index is 0.0173. The lowest BCUT2D eigenvalue weighted by Crippen LogP contribution is -2.21. The number of sulfonamides is 1. The van der Waals surface area contributed by atoms with E-state index >= 15 is 0 Å². The van der Waals surface area contributed by atoms with Crippen LogP contribution in [0.15, 0.2) is 52.5 Å². The summed E-state index contributed by atoms with van der Waals surface area (Å²) >= 11 is 0. The Hall–Kier alpha value is -2.28. The monoisotopic (exact) mass is 338 g/mol. The molecule has 2 aromatic rings. The van der Waals surface area contributed by atoms with Crippen molar-refractivity contribution in [3.05, 3.63) is 65.2 Å². The van der Waals surface area contributed by atoms with Crippen LogP contribution in [-0.4, -0.2) is 14.1 Å². The zero-order chi connectivity index (χ0) is 17.0. The van der Waals surface area contributed by atoms with Gasteiger partial charge in [0.25, 0.3) is 10.0 Å². The van der Waals surface area contributed by atoms with Gasteiger partial charge in [-0.3, -0.25) is 0 Å². The molecule has 0 spiro atoms. The van der Waals surface area contributed by atoms with Gasteiger partial charge in [-0.05, 0) is 37.6 Å². The summed E-state index contributed by atoms with van der Waals surface area (Å²) in [4.78, 5) is 2.05. The quantitative estimate of drug-likeness (QED) is 0.671. The fourth-order valence-corrected chi connectivity index (χ4v) is 2.80. The van der Waals surface area contributed by atoms with Crippen molar-refractivity contribution in [2.45, 2.75) is 25.2 Å². The van der Waals surface area contributed by atoms with Crippen molar-refractivity contribution in [2.24, 2.45) is 5.10 Å². The SMILES string of the molecule is CCC(=NNS(=O)(=O)c1ccc(C)cc1)c1c(F)cccc1F. The van der Waals surface area contributed by atoms with Crippen LogP contribution in [0, 0.1) is 18.6 Å². The minimum Gasteiger partial charge on any atom is -0.206 e. The highest BCUT2D eigenvalue weighted by Crippen LogP contribution is 2.15. The predicted octanol–water partition coefficient (Wildman–Crippen LogP) is 3.37. The molecule has 0 saturated carbocycles. The second kappa shape index (κ2) is 6.87. The third kappa shape index (κ3) is 3.92. The molecule has 0 aliphatic heterocycles. The van der Waals surface area contributed by atoms with E-state index in [0.717, 1.165) is 17.7 Å². The average Bonchev–Trinajstić information content (AvgIpc) is 2.50. The Kier molecular flexibility index (Phi) is 5.10. The Balaban J connectivity index is 2.34. The largest absolute Gasteiger partial charge is 0.276 e. The molecule has 0 saturated heterocycles. The Bertz CT molecular complexity index is 811. The molecule has 1 N–H and O–H groups in total. The highest BCUT2D eigenvalue weighted by molar-refractivity contribution is 7.89. The van der Waals surface area contributed by atoms with E-state index in [0.29, 0.717) is 0 Å². The van der Waals surface area contributed by atoms with Gasteiger partial charge in [0.1, 0.15) is 11.6 Å². The molecule has 0 aliphatic rings.